The number of rotatable bonds is 6. The second-order valence-electron chi connectivity index (χ2n) is 14.4. The van der Waals surface area contributed by atoms with E-state index in [0.29, 0.717) is 0 Å². The summed E-state index contributed by atoms with van der Waals surface area (Å²) in [5, 5.41) is 11.4. The minimum Gasteiger partial charge on any atom is -0.309 e. The van der Waals surface area contributed by atoms with Crippen LogP contribution < -0.4 is 25.9 Å². The Balaban J connectivity index is 1.22. The van der Waals surface area contributed by atoms with Crippen LogP contribution in [0.25, 0.3) is 44.2 Å². The number of hydrogen-bond acceptors (Lipinski definition) is 0. The normalized spacial score (nSPS) is 15.3. The van der Waals surface area contributed by atoms with Gasteiger partial charge in [0.2, 0.25) is 0 Å². The Labute approximate surface area is 308 Å². The number of allylic oxidation sites excluding steroid dienone is 4. The summed E-state index contributed by atoms with van der Waals surface area (Å²) in [4.78, 5) is 0. The Morgan fingerprint density at radius 3 is 1.92 bits per heavy atom. The van der Waals surface area contributed by atoms with Crippen molar-refractivity contribution in [1.29, 1.82) is 0 Å². The molecule has 0 N–H and O–H groups in total. The maximum atomic E-state index is 2.54. The van der Waals surface area contributed by atoms with E-state index < -0.39 is 16.9 Å². The average Bonchev–Trinajstić information content (AvgIpc) is 3.70. The molecule has 1 aliphatic heterocycles. The fraction of sp³-hybridized carbons (Fsp3) is 0.0612. The van der Waals surface area contributed by atoms with Crippen LogP contribution in [0.1, 0.15) is 18.4 Å². The van der Waals surface area contributed by atoms with Crippen LogP contribution in [0.5, 0.6) is 0 Å². The second kappa shape index (κ2) is 12.5. The quantitative estimate of drug-likeness (QED) is 0.121. The molecule has 2 aliphatic rings. The molecule has 0 fully saturated rings. The molecule has 248 valence electrons. The van der Waals surface area contributed by atoms with Gasteiger partial charge >= 0.3 is 0 Å². The first-order chi connectivity index (χ1) is 25.7. The Morgan fingerprint density at radius 1 is 0.519 bits per heavy atom. The molecule has 1 nitrogen and oxygen atoms in total. The van der Waals surface area contributed by atoms with Crippen LogP contribution in [-0.2, 0) is 0 Å². The lowest BCUT2D eigenvalue weighted by molar-refractivity contribution is 1.05. The van der Waals surface area contributed by atoms with Gasteiger partial charge in [0.15, 0.2) is 8.07 Å². The Kier molecular flexibility index (Phi) is 7.45. The molecule has 7 aromatic carbocycles. The molecule has 0 amide bonds. The molecule has 1 aromatic heterocycles. The van der Waals surface area contributed by atoms with Gasteiger partial charge < -0.3 is 4.57 Å². The van der Waals surface area contributed by atoms with E-state index in [1.54, 1.807) is 16.0 Å². The SMILES string of the molecule is C[SiH]1C2=C(CCC=C2)c2ccc(-c3cccc([Si](c4ccccc4)(c4ccccc4)c4ccc5c(c4)c4ccccc4n5-c4ccccc4)c3)cc21. The molecule has 0 radical (unpaired) electrons. The highest BCUT2D eigenvalue weighted by atomic mass is 28.3. The van der Waals surface area contributed by atoms with Crippen molar-refractivity contribution in [3.63, 3.8) is 0 Å². The van der Waals surface area contributed by atoms with E-state index in [-0.39, 0.29) is 0 Å². The van der Waals surface area contributed by atoms with Gasteiger partial charge in [-0.05, 0) is 80.1 Å². The van der Waals surface area contributed by atoms with E-state index in [4.69, 9.17) is 0 Å². The number of nitrogens with zero attached hydrogens (tertiary/aromatic N) is 1. The van der Waals surface area contributed by atoms with Crippen molar-refractivity contribution < 1.29 is 0 Å². The monoisotopic (exact) mass is 697 g/mol. The summed E-state index contributed by atoms with van der Waals surface area (Å²) in [6.07, 6.45) is 7.16. The fourth-order valence-electron chi connectivity index (χ4n) is 9.29. The molecule has 1 aliphatic carbocycles. The average molecular weight is 698 g/mol. The van der Waals surface area contributed by atoms with Crippen LogP contribution >= 0.6 is 0 Å². The van der Waals surface area contributed by atoms with Crippen molar-refractivity contribution in [3.05, 3.63) is 199 Å². The molecular formula is C49H39NSi2. The van der Waals surface area contributed by atoms with Crippen LogP contribution in [0.4, 0.5) is 0 Å². The number of para-hydroxylation sites is 2. The summed E-state index contributed by atoms with van der Waals surface area (Å²) in [6.45, 7) is 2.52. The molecule has 1 unspecified atom stereocenters. The number of aromatic nitrogens is 1. The number of hydrogen-bond donors (Lipinski definition) is 0. The van der Waals surface area contributed by atoms with Gasteiger partial charge in [-0.2, -0.15) is 0 Å². The van der Waals surface area contributed by atoms with Crippen LogP contribution in [-0.4, -0.2) is 21.4 Å². The lowest BCUT2D eigenvalue weighted by Crippen LogP contribution is -2.74. The van der Waals surface area contributed by atoms with Crippen LogP contribution in [0.15, 0.2) is 193 Å². The van der Waals surface area contributed by atoms with Gasteiger partial charge in [-0.1, -0.05) is 181 Å². The molecule has 0 saturated carbocycles. The molecular weight excluding hydrogens is 659 g/mol. The van der Waals surface area contributed by atoms with Crippen molar-refractivity contribution in [3.8, 4) is 16.8 Å². The third kappa shape index (κ3) is 4.73. The first-order valence-electron chi connectivity index (χ1n) is 18.6. The maximum absolute atomic E-state index is 2.82. The molecule has 52 heavy (non-hydrogen) atoms. The summed E-state index contributed by atoms with van der Waals surface area (Å²) in [5.41, 5.74) is 9.40. The number of benzene rings is 7. The zero-order valence-corrected chi connectivity index (χ0v) is 31.5. The second-order valence-corrected chi connectivity index (χ2v) is 20.9. The third-order valence-corrected chi connectivity index (χ3v) is 19.3. The smallest absolute Gasteiger partial charge is 0.179 e. The zero-order chi connectivity index (χ0) is 34.6. The van der Waals surface area contributed by atoms with Crippen LogP contribution in [0.2, 0.25) is 6.55 Å². The summed E-state index contributed by atoms with van der Waals surface area (Å²) in [6, 6.07) is 66.6. The van der Waals surface area contributed by atoms with Crippen molar-refractivity contribution in [2.45, 2.75) is 19.4 Å². The van der Waals surface area contributed by atoms with Crippen LogP contribution in [0, 0.1) is 0 Å². The van der Waals surface area contributed by atoms with Gasteiger partial charge in [-0.15, -0.1) is 0 Å². The maximum Gasteiger partial charge on any atom is 0.179 e. The van der Waals surface area contributed by atoms with Gasteiger partial charge in [-0.3, -0.25) is 0 Å². The zero-order valence-electron chi connectivity index (χ0n) is 29.3. The van der Waals surface area contributed by atoms with Crippen molar-refractivity contribution in [2.24, 2.45) is 0 Å². The highest BCUT2D eigenvalue weighted by molar-refractivity contribution is 7.20. The molecule has 8 aromatic rings. The highest BCUT2D eigenvalue weighted by Crippen LogP contribution is 2.36. The van der Waals surface area contributed by atoms with Gasteiger partial charge in [-0.25, -0.2) is 0 Å². The summed E-state index contributed by atoms with van der Waals surface area (Å²) < 4.78 is 2.42. The van der Waals surface area contributed by atoms with Gasteiger partial charge in [0.05, 0.1) is 11.0 Å². The molecule has 3 heteroatoms. The Bertz CT molecular complexity index is 2650. The predicted molar refractivity (Wildman–Crippen MR) is 228 cm³/mol. The lowest BCUT2D eigenvalue weighted by Gasteiger charge is -2.35. The summed E-state index contributed by atoms with van der Waals surface area (Å²) in [5.74, 6) is 0. The summed E-state index contributed by atoms with van der Waals surface area (Å²) >= 11 is 0. The Morgan fingerprint density at radius 2 is 1.15 bits per heavy atom. The van der Waals surface area contributed by atoms with Crippen molar-refractivity contribution in [1.82, 2.24) is 4.57 Å². The number of fused-ring (bicyclic) bond motifs is 5. The lowest BCUT2D eigenvalue weighted by atomic mass is 9.95. The Hall–Kier alpha value is -5.75. The molecule has 0 saturated heterocycles. The van der Waals surface area contributed by atoms with E-state index in [0.717, 1.165) is 6.42 Å². The van der Waals surface area contributed by atoms with E-state index in [1.165, 1.54) is 71.4 Å². The van der Waals surface area contributed by atoms with E-state index >= 15 is 0 Å². The highest BCUT2D eigenvalue weighted by Gasteiger charge is 2.42. The topological polar surface area (TPSA) is 4.93 Å². The largest absolute Gasteiger partial charge is 0.309 e. The molecule has 1 atom stereocenters. The van der Waals surface area contributed by atoms with E-state index in [2.05, 4.69) is 199 Å². The standard InChI is InChI=1S/C49H39NSi2/c1-51-48-27-14-12-25-43(48)44-30-28-36(33-49(44)51)35-16-15-23-40(32-35)52(38-19-7-3-8-20-38,39-21-9-4-10-22-39)41-29-31-47-45(34-41)42-24-11-13-26-46(42)50(47)37-17-5-2-6-18-37/h2-11,13-24,26-34,51H,12,25H2,1H3. The van der Waals surface area contributed by atoms with E-state index in [9.17, 15) is 0 Å². The minimum atomic E-state index is -2.82. The minimum absolute atomic E-state index is 1.16. The predicted octanol–water partition coefficient (Wildman–Crippen LogP) is 8.55. The molecule has 0 bridgehead atoms. The first-order valence-corrected chi connectivity index (χ1v) is 22.9. The van der Waals surface area contributed by atoms with Gasteiger partial charge in [0, 0.05) is 16.5 Å². The fourth-order valence-corrected chi connectivity index (χ4v) is 16.8. The van der Waals surface area contributed by atoms with Crippen molar-refractivity contribution in [2.75, 3.05) is 0 Å². The molecule has 0 spiro atoms. The van der Waals surface area contributed by atoms with Gasteiger partial charge in [0.1, 0.15) is 8.80 Å². The summed E-state index contributed by atoms with van der Waals surface area (Å²) in [7, 11) is -4.01. The van der Waals surface area contributed by atoms with E-state index in [1.807, 2.05) is 0 Å². The van der Waals surface area contributed by atoms with Gasteiger partial charge in [0.25, 0.3) is 0 Å². The molecule has 10 rings (SSSR count). The third-order valence-electron chi connectivity index (χ3n) is 11.7. The van der Waals surface area contributed by atoms with Crippen molar-refractivity contribution >= 4 is 70.2 Å². The van der Waals surface area contributed by atoms with Crippen LogP contribution in [0.3, 0.4) is 0 Å². The molecule has 2 heterocycles. The first kappa shape index (κ1) is 31.0.